The molecule has 5 nitrogen and oxygen atoms in total. The summed E-state index contributed by atoms with van der Waals surface area (Å²) in [6.45, 7) is 0. The highest BCUT2D eigenvalue weighted by molar-refractivity contribution is 9.10. The van der Waals surface area contributed by atoms with Crippen LogP contribution in [-0.2, 0) is 11.8 Å². The minimum Gasteiger partial charge on any atom is -0.480 e. The van der Waals surface area contributed by atoms with E-state index in [1.54, 1.807) is 22.6 Å². The van der Waals surface area contributed by atoms with Crippen LogP contribution in [0.2, 0.25) is 0 Å². The average Bonchev–Trinajstić information content (AvgIpc) is 2.73. The molecule has 1 fully saturated rings. The van der Waals surface area contributed by atoms with E-state index in [2.05, 4.69) is 26.3 Å². The second-order valence-electron chi connectivity index (χ2n) is 3.27. The lowest BCUT2D eigenvalue weighted by Gasteiger charge is -2.11. The molecule has 82 valence electrons. The average molecular weight is 292 g/mol. The summed E-state index contributed by atoms with van der Waals surface area (Å²) in [5.41, 5.74) is 0.976. The van der Waals surface area contributed by atoms with E-state index in [9.17, 15) is 4.79 Å². The third kappa shape index (κ3) is 2.04. The number of hydrogen-bond donors (Lipinski definition) is 2. The molecule has 7 heteroatoms. The molecule has 0 bridgehead atoms. The molecule has 0 radical (unpaired) electrons. The Labute approximate surface area is 99.4 Å². The zero-order valence-electron chi connectivity index (χ0n) is 7.98. The number of carboxylic acid groups (broad SMARTS) is 1. The second kappa shape index (κ2) is 4.15. The SMILES string of the molecule is Cn1ncc(Br)c1[C@H]1N[C@@H](C(=O)O)CS1. The quantitative estimate of drug-likeness (QED) is 0.850. The molecule has 1 aliphatic rings. The summed E-state index contributed by atoms with van der Waals surface area (Å²) in [4.78, 5) is 10.8. The summed E-state index contributed by atoms with van der Waals surface area (Å²) in [5, 5.41) is 16.0. The predicted octanol–water partition coefficient (Wildman–Crippen LogP) is 0.971. The van der Waals surface area contributed by atoms with E-state index in [0.29, 0.717) is 5.75 Å². The van der Waals surface area contributed by atoms with Crippen LogP contribution in [0, 0.1) is 0 Å². The van der Waals surface area contributed by atoms with Crippen LogP contribution in [0.15, 0.2) is 10.7 Å². The Bertz CT molecular complexity index is 376. The number of nitrogens with zero attached hydrogens (tertiary/aromatic N) is 2. The van der Waals surface area contributed by atoms with Gasteiger partial charge in [0.05, 0.1) is 21.7 Å². The summed E-state index contributed by atoms with van der Waals surface area (Å²) < 4.78 is 2.65. The van der Waals surface area contributed by atoms with E-state index < -0.39 is 12.0 Å². The van der Waals surface area contributed by atoms with Crippen molar-refractivity contribution in [3.05, 3.63) is 16.4 Å². The van der Waals surface area contributed by atoms with Crippen molar-refractivity contribution >= 4 is 33.7 Å². The van der Waals surface area contributed by atoms with Gasteiger partial charge >= 0.3 is 5.97 Å². The molecular formula is C8H10BrN3O2S. The highest BCUT2D eigenvalue weighted by Crippen LogP contribution is 2.36. The van der Waals surface area contributed by atoms with Crippen LogP contribution < -0.4 is 5.32 Å². The van der Waals surface area contributed by atoms with Gasteiger partial charge in [-0.05, 0) is 15.9 Å². The number of nitrogens with one attached hydrogen (secondary N) is 1. The number of thioether (sulfide) groups is 1. The zero-order valence-corrected chi connectivity index (χ0v) is 10.4. The molecule has 15 heavy (non-hydrogen) atoms. The molecule has 2 N–H and O–H groups in total. The number of aryl methyl sites for hydroxylation is 1. The van der Waals surface area contributed by atoms with Crippen LogP contribution in [0.5, 0.6) is 0 Å². The maximum absolute atomic E-state index is 10.8. The number of halogens is 1. The van der Waals surface area contributed by atoms with Crippen LogP contribution in [0.4, 0.5) is 0 Å². The minimum absolute atomic E-state index is 0.00650. The largest absolute Gasteiger partial charge is 0.480 e. The van der Waals surface area contributed by atoms with Crippen molar-refractivity contribution in [1.29, 1.82) is 0 Å². The molecule has 1 saturated heterocycles. The molecule has 2 atom stereocenters. The normalized spacial score (nSPS) is 25.7. The fourth-order valence-corrected chi connectivity index (χ4v) is 3.54. The number of carbonyl (C=O) groups is 1. The summed E-state index contributed by atoms with van der Waals surface area (Å²) in [6, 6.07) is -0.471. The lowest BCUT2D eigenvalue weighted by molar-refractivity contribution is -0.138. The van der Waals surface area contributed by atoms with Crippen LogP contribution >= 0.6 is 27.7 Å². The van der Waals surface area contributed by atoms with E-state index in [1.165, 1.54) is 0 Å². The number of aliphatic carboxylic acids is 1. The van der Waals surface area contributed by atoms with Gasteiger partial charge in [0.2, 0.25) is 0 Å². The fourth-order valence-electron chi connectivity index (χ4n) is 1.49. The molecule has 0 saturated carbocycles. The lowest BCUT2D eigenvalue weighted by atomic mass is 10.3. The molecule has 0 aliphatic carbocycles. The summed E-state index contributed by atoms with van der Waals surface area (Å²) in [7, 11) is 1.84. The van der Waals surface area contributed by atoms with Gasteiger partial charge in [-0.1, -0.05) is 0 Å². The number of carboxylic acids is 1. The van der Waals surface area contributed by atoms with Crippen molar-refractivity contribution in [2.75, 3.05) is 5.75 Å². The first-order valence-electron chi connectivity index (χ1n) is 4.37. The Morgan fingerprint density at radius 1 is 1.87 bits per heavy atom. The standard InChI is InChI=1S/C8H10BrN3O2S/c1-12-6(4(9)2-10-12)7-11-5(3-15-7)8(13)14/h2,5,7,11H,3H2,1H3,(H,13,14)/t5-,7+/m1/s1. The maximum atomic E-state index is 10.8. The van der Waals surface area contributed by atoms with E-state index >= 15 is 0 Å². The monoisotopic (exact) mass is 291 g/mol. The lowest BCUT2D eigenvalue weighted by Crippen LogP contribution is -2.34. The van der Waals surface area contributed by atoms with E-state index in [4.69, 9.17) is 5.11 Å². The Morgan fingerprint density at radius 2 is 2.60 bits per heavy atom. The van der Waals surface area contributed by atoms with Gasteiger partial charge < -0.3 is 5.11 Å². The highest BCUT2D eigenvalue weighted by atomic mass is 79.9. The molecule has 0 spiro atoms. The summed E-state index contributed by atoms with van der Waals surface area (Å²) >= 11 is 4.98. The van der Waals surface area contributed by atoms with Gasteiger partial charge in [-0.3, -0.25) is 14.8 Å². The van der Waals surface area contributed by atoms with Gasteiger partial charge in [0.1, 0.15) is 6.04 Å². The molecule has 0 amide bonds. The molecule has 1 aromatic heterocycles. The highest BCUT2D eigenvalue weighted by Gasteiger charge is 2.32. The fraction of sp³-hybridized carbons (Fsp3) is 0.500. The first-order chi connectivity index (χ1) is 7.09. The van der Waals surface area contributed by atoms with Crippen LogP contribution in [-0.4, -0.2) is 32.7 Å². The van der Waals surface area contributed by atoms with Crippen molar-refractivity contribution in [3.63, 3.8) is 0 Å². The second-order valence-corrected chi connectivity index (χ2v) is 5.26. The van der Waals surface area contributed by atoms with Crippen LogP contribution in [0.3, 0.4) is 0 Å². The van der Waals surface area contributed by atoms with Gasteiger partial charge in [0, 0.05) is 12.8 Å². The van der Waals surface area contributed by atoms with Gasteiger partial charge in [-0.15, -0.1) is 11.8 Å². The van der Waals surface area contributed by atoms with E-state index in [1.807, 2.05) is 7.05 Å². The Hall–Kier alpha value is -0.530. The Morgan fingerprint density at radius 3 is 3.07 bits per heavy atom. The topological polar surface area (TPSA) is 67.2 Å². The van der Waals surface area contributed by atoms with E-state index in [0.717, 1.165) is 10.2 Å². The number of hydrogen-bond acceptors (Lipinski definition) is 4. The van der Waals surface area contributed by atoms with Gasteiger partial charge in [-0.2, -0.15) is 5.10 Å². The van der Waals surface area contributed by atoms with Crippen LogP contribution in [0.25, 0.3) is 0 Å². The molecule has 0 unspecified atom stereocenters. The Kier molecular flexibility index (Phi) is 3.03. The molecule has 2 heterocycles. The summed E-state index contributed by atoms with van der Waals surface area (Å²) in [5.74, 6) is -0.222. The molecule has 0 aromatic carbocycles. The number of rotatable bonds is 2. The van der Waals surface area contributed by atoms with Crippen LogP contribution in [0.1, 0.15) is 11.1 Å². The van der Waals surface area contributed by atoms with Crippen molar-refractivity contribution < 1.29 is 9.90 Å². The maximum Gasteiger partial charge on any atom is 0.321 e. The van der Waals surface area contributed by atoms with Crippen molar-refractivity contribution in [2.45, 2.75) is 11.4 Å². The Balaban J connectivity index is 2.17. The molecule has 2 rings (SSSR count). The smallest absolute Gasteiger partial charge is 0.321 e. The van der Waals surface area contributed by atoms with Crippen molar-refractivity contribution in [1.82, 2.24) is 15.1 Å². The number of aromatic nitrogens is 2. The minimum atomic E-state index is -0.803. The third-order valence-corrected chi connectivity index (χ3v) is 4.10. The zero-order chi connectivity index (χ0) is 11.0. The molecule has 1 aromatic rings. The predicted molar refractivity (Wildman–Crippen MR) is 60.7 cm³/mol. The van der Waals surface area contributed by atoms with Gasteiger partial charge in [-0.25, -0.2) is 0 Å². The van der Waals surface area contributed by atoms with E-state index in [-0.39, 0.29) is 5.37 Å². The van der Waals surface area contributed by atoms with Gasteiger partial charge in [0.15, 0.2) is 0 Å². The first-order valence-corrected chi connectivity index (χ1v) is 6.21. The van der Waals surface area contributed by atoms with Gasteiger partial charge in [0.25, 0.3) is 0 Å². The van der Waals surface area contributed by atoms with Crippen molar-refractivity contribution in [2.24, 2.45) is 7.05 Å². The first kappa shape index (κ1) is 11.0. The summed E-state index contributed by atoms with van der Waals surface area (Å²) in [6.07, 6.45) is 1.71. The third-order valence-electron chi connectivity index (χ3n) is 2.27. The molecule has 1 aliphatic heterocycles. The van der Waals surface area contributed by atoms with Crippen molar-refractivity contribution in [3.8, 4) is 0 Å². The molecular weight excluding hydrogens is 282 g/mol.